The highest BCUT2D eigenvalue weighted by Crippen LogP contribution is 2.37. The van der Waals surface area contributed by atoms with Gasteiger partial charge in [0.15, 0.2) is 5.69 Å². The number of halogens is 6. The molecule has 0 bridgehead atoms. The Hall–Kier alpha value is -4.68. The first-order valence-electron chi connectivity index (χ1n) is 13.7. The van der Waals surface area contributed by atoms with Crippen molar-refractivity contribution in [1.82, 2.24) is 20.1 Å². The molecule has 0 fully saturated rings. The number of aromatic nitrogens is 3. The molecule has 230 valence electrons. The molecule has 0 radical (unpaired) electrons. The van der Waals surface area contributed by atoms with Crippen LogP contribution in [0, 0.1) is 23.4 Å². The fraction of sp³-hybridized carbons (Fsp3) is 0.290. The van der Waals surface area contributed by atoms with E-state index in [0.29, 0.717) is 35.7 Å². The van der Waals surface area contributed by atoms with Gasteiger partial charge in [-0.05, 0) is 73.1 Å². The summed E-state index contributed by atoms with van der Waals surface area (Å²) < 4.78 is 84.8. The van der Waals surface area contributed by atoms with Gasteiger partial charge in [-0.15, -0.1) is 0 Å². The molecule has 5 rings (SSSR count). The zero-order chi connectivity index (χ0) is 31.8. The Morgan fingerprint density at radius 2 is 1.82 bits per heavy atom. The van der Waals surface area contributed by atoms with Crippen molar-refractivity contribution in [3.8, 4) is 11.1 Å². The molecule has 0 saturated carbocycles. The van der Waals surface area contributed by atoms with E-state index in [-0.39, 0.29) is 41.1 Å². The van der Waals surface area contributed by atoms with Crippen molar-refractivity contribution in [2.45, 2.75) is 51.4 Å². The summed E-state index contributed by atoms with van der Waals surface area (Å²) >= 11 is 0. The molecular formula is C31H27F6N5O2. The number of rotatable bonds is 8. The highest BCUT2D eigenvalue weighted by atomic mass is 19.4. The quantitative estimate of drug-likeness (QED) is 0.248. The van der Waals surface area contributed by atoms with Gasteiger partial charge in [-0.25, -0.2) is 13.2 Å². The highest BCUT2D eigenvalue weighted by molar-refractivity contribution is 5.94. The number of nitrogens with two attached hydrogens (primary N) is 1. The van der Waals surface area contributed by atoms with Crippen LogP contribution in [0.5, 0.6) is 0 Å². The Bertz CT molecular complexity index is 1710. The van der Waals surface area contributed by atoms with Gasteiger partial charge >= 0.3 is 6.18 Å². The summed E-state index contributed by atoms with van der Waals surface area (Å²) in [4.78, 5) is 29.6. The average molecular weight is 616 g/mol. The van der Waals surface area contributed by atoms with E-state index in [1.165, 1.54) is 18.3 Å². The van der Waals surface area contributed by atoms with Crippen molar-refractivity contribution in [2.75, 3.05) is 0 Å². The monoisotopic (exact) mass is 615 g/mol. The molecule has 7 nitrogen and oxygen atoms in total. The third kappa shape index (κ3) is 6.61. The Morgan fingerprint density at radius 3 is 2.50 bits per heavy atom. The van der Waals surface area contributed by atoms with Gasteiger partial charge in [-0.2, -0.15) is 18.3 Å². The van der Waals surface area contributed by atoms with Gasteiger partial charge in [0.25, 0.3) is 5.91 Å². The second-order valence-corrected chi connectivity index (χ2v) is 10.9. The molecule has 1 aliphatic rings. The first-order chi connectivity index (χ1) is 20.8. The van der Waals surface area contributed by atoms with E-state index in [1.807, 2.05) is 6.92 Å². The van der Waals surface area contributed by atoms with E-state index in [0.717, 1.165) is 22.9 Å². The van der Waals surface area contributed by atoms with E-state index in [1.54, 1.807) is 12.1 Å². The number of hydrogen-bond donors (Lipinski definition) is 2. The molecule has 2 heterocycles. The Kier molecular flexibility index (Phi) is 8.49. The summed E-state index contributed by atoms with van der Waals surface area (Å²) in [7, 11) is 0. The summed E-state index contributed by atoms with van der Waals surface area (Å²) in [5.74, 6) is -4.19. The van der Waals surface area contributed by atoms with Crippen molar-refractivity contribution >= 4 is 11.8 Å². The van der Waals surface area contributed by atoms with Crippen LogP contribution in [0.15, 0.2) is 54.7 Å². The third-order valence-electron chi connectivity index (χ3n) is 7.57. The van der Waals surface area contributed by atoms with Gasteiger partial charge in [0.1, 0.15) is 24.0 Å². The van der Waals surface area contributed by atoms with Gasteiger partial charge in [-0.1, -0.05) is 19.1 Å². The summed E-state index contributed by atoms with van der Waals surface area (Å²) in [6.45, 7) is 1.35. The first-order valence-corrected chi connectivity index (χ1v) is 13.7. The molecule has 3 N–H and O–H groups in total. The third-order valence-corrected chi connectivity index (χ3v) is 7.57. The maximum atomic E-state index is 14.2. The number of benzene rings is 2. The van der Waals surface area contributed by atoms with Crippen LogP contribution in [0.3, 0.4) is 0 Å². The fourth-order valence-corrected chi connectivity index (χ4v) is 5.58. The maximum Gasteiger partial charge on any atom is 0.435 e. The minimum Gasteiger partial charge on any atom is -0.366 e. The lowest BCUT2D eigenvalue weighted by molar-refractivity contribution is -0.142. The zero-order valence-electron chi connectivity index (χ0n) is 23.4. The molecule has 1 unspecified atom stereocenters. The number of nitrogens with one attached hydrogen (secondary N) is 1. The molecule has 1 aliphatic carbocycles. The van der Waals surface area contributed by atoms with Crippen LogP contribution in [0.2, 0.25) is 0 Å². The van der Waals surface area contributed by atoms with Crippen LogP contribution < -0.4 is 11.1 Å². The van der Waals surface area contributed by atoms with E-state index >= 15 is 0 Å². The fourth-order valence-electron chi connectivity index (χ4n) is 5.58. The van der Waals surface area contributed by atoms with Crippen LogP contribution in [0.1, 0.15) is 58.0 Å². The van der Waals surface area contributed by atoms with Crippen molar-refractivity contribution < 1.29 is 35.9 Å². The zero-order valence-corrected chi connectivity index (χ0v) is 23.4. The lowest BCUT2D eigenvalue weighted by atomic mass is 9.88. The number of fused-ring (bicyclic) bond motifs is 1. The Labute approximate surface area is 248 Å². The molecular weight excluding hydrogens is 588 g/mol. The number of carbonyl (C=O) groups is 2. The average Bonchev–Trinajstić information content (AvgIpc) is 3.30. The number of alkyl halides is 3. The Balaban J connectivity index is 1.53. The predicted molar refractivity (Wildman–Crippen MR) is 148 cm³/mol. The molecule has 2 aromatic heterocycles. The van der Waals surface area contributed by atoms with Gasteiger partial charge in [0.05, 0.1) is 17.3 Å². The van der Waals surface area contributed by atoms with E-state index in [4.69, 9.17) is 5.73 Å². The van der Waals surface area contributed by atoms with Gasteiger partial charge < -0.3 is 11.1 Å². The molecule has 4 aromatic rings. The van der Waals surface area contributed by atoms with Crippen molar-refractivity contribution in [2.24, 2.45) is 11.7 Å². The van der Waals surface area contributed by atoms with Gasteiger partial charge in [-0.3, -0.25) is 19.3 Å². The van der Waals surface area contributed by atoms with Crippen molar-refractivity contribution in [3.05, 3.63) is 106 Å². The summed E-state index contributed by atoms with van der Waals surface area (Å²) in [6, 6.07) is 8.57. The number of primary amides is 1. The molecule has 0 spiro atoms. The maximum absolute atomic E-state index is 14.2. The number of amides is 2. The number of carbonyl (C=O) groups excluding carboxylic acids is 2. The molecule has 0 aliphatic heterocycles. The number of nitrogens with zero attached hydrogens (tertiary/aromatic N) is 3. The molecule has 13 heteroatoms. The summed E-state index contributed by atoms with van der Waals surface area (Å²) in [5.41, 5.74) is 5.33. The molecule has 2 atom stereocenters. The number of hydrogen-bond acceptors (Lipinski definition) is 4. The lowest BCUT2D eigenvalue weighted by Crippen LogP contribution is -2.34. The standard InChI is InChI=1S/C31H27F6N5O2/c1-16-4-6-22-26(9-16)42(41-29(22)31(35,36)37)15-27(43)40-25(12-17-10-19(32)14-20(33)11-17)28-21(3-2-8-39-28)18-5-7-24(34)23(13-18)30(38)44/h2-3,5,7-8,10-11,13-14,16,25H,4,6,9,12,15H2,1H3,(H2,38,44)(H,40,43)/t16?,25-/m0/s1. The van der Waals surface area contributed by atoms with Crippen LogP contribution >= 0.6 is 0 Å². The van der Waals surface area contributed by atoms with Crippen LogP contribution in [0.4, 0.5) is 26.3 Å². The SMILES string of the molecule is CC1CCc2c(C(F)(F)F)nn(CC(=O)N[C@@H](Cc3cc(F)cc(F)c3)c3ncccc3-c3ccc(F)c(C(N)=O)c3)c2C1. The smallest absolute Gasteiger partial charge is 0.366 e. The second kappa shape index (κ2) is 12.1. The largest absolute Gasteiger partial charge is 0.435 e. The normalized spacial score (nSPS) is 15.5. The minimum atomic E-state index is -4.70. The molecule has 0 saturated heterocycles. The van der Waals surface area contributed by atoms with E-state index in [9.17, 15) is 35.9 Å². The summed E-state index contributed by atoms with van der Waals surface area (Å²) in [6.07, 6.45) is -2.40. The van der Waals surface area contributed by atoms with Crippen molar-refractivity contribution in [3.63, 3.8) is 0 Å². The highest BCUT2D eigenvalue weighted by Gasteiger charge is 2.40. The minimum absolute atomic E-state index is 0.0729. The first kappa shape index (κ1) is 30.8. The predicted octanol–water partition coefficient (Wildman–Crippen LogP) is 5.71. The number of pyridine rings is 1. The van der Waals surface area contributed by atoms with Crippen LogP contribution in [-0.4, -0.2) is 26.6 Å². The Morgan fingerprint density at radius 1 is 1.09 bits per heavy atom. The molecule has 44 heavy (non-hydrogen) atoms. The lowest BCUT2D eigenvalue weighted by Gasteiger charge is -2.23. The van der Waals surface area contributed by atoms with Gasteiger partial charge in [0, 0.05) is 29.1 Å². The topological polar surface area (TPSA) is 103 Å². The summed E-state index contributed by atoms with van der Waals surface area (Å²) in [5, 5.41) is 6.50. The van der Waals surface area contributed by atoms with E-state index in [2.05, 4.69) is 15.4 Å². The molecule has 2 amide bonds. The van der Waals surface area contributed by atoms with Gasteiger partial charge in [0.2, 0.25) is 5.91 Å². The van der Waals surface area contributed by atoms with Crippen LogP contribution in [0.25, 0.3) is 11.1 Å². The molecule has 2 aromatic carbocycles. The van der Waals surface area contributed by atoms with E-state index < -0.39 is 53.7 Å². The van der Waals surface area contributed by atoms with Crippen molar-refractivity contribution in [1.29, 1.82) is 0 Å². The second-order valence-electron chi connectivity index (χ2n) is 10.9. The van der Waals surface area contributed by atoms with Crippen LogP contribution in [-0.2, 0) is 36.8 Å².